The molecule has 0 atom stereocenters. The summed E-state index contributed by atoms with van der Waals surface area (Å²) in [7, 11) is 0. The molecule has 2 aromatic rings. The summed E-state index contributed by atoms with van der Waals surface area (Å²) in [5.41, 5.74) is 0.863. The molecule has 2 aromatic heterocycles. The average Bonchev–Trinajstić information content (AvgIpc) is 2.58. The fraction of sp³-hybridized carbons (Fsp3) is 0.286. The zero-order valence-electron chi connectivity index (χ0n) is 6.74. The fourth-order valence-electron chi connectivity index (χ4n) is 0.887. The van der Waals surface area contributed by atoms with Gasteiger partial charge in [0.05, 0.1) is 11.9 Å². The van der Waals surface area contributed by atoms with Gasteiger partial charge in [0.2, 0.25) is 5.89 Å². The first-order valence-electron chi connectivity index (χ1n) is 3.49. The monoisotopic (exact) mass is 181 g/mol. The Bertz CT molecular complexity index is 393. The molecule has 0 aromatic carbocycles. The van der Waals surface area contributed by atoms with Crippen LogP contribution in [-0.2, 0) is 0 Å². The van der Waals surface area contributed by atoms with Crippen LogP contribution in [0, 0.1) is 13.8 Å². The van der Waals surface area contributed by atoms with Gasteiger partial charge in [0.15, 0.2) is 0 Å². The summed E-state index contributed by atoms with van der Waals surface area (Å²) in [5.74, 6) is 1.41. The Labute approximate surface area is 73.4 Å². The smallest absolute Gasteiger partial charge is 0.240 e. The van der Waals surface area contributed by atoms with Gasteiger partial charge in [-0.3, -0.25) is 0 Å². The lowest BCUT2D eigenvalue weighted by molar-refractivity contribution is 0.543. The number of oxazole rings is 1. The molecule has 0 aliphatic rings. The summed E-state index contributed by atoms with van der Waals surface area (Å²) in [6, 6.07) is 0. The van der Waals surface area contributed by atoms with Gasteiger partial charge in [0, 0.05) is 0 Å². The van der Waals surface area contributed by atoms with Gasteiger partial charge in [-0.15, -0.1) is 5.10 Å². The van der Waals surface area contributed by atoms with Gasteiger partial charge < -0.3 is 4.42 Å². The minimum absolute atomic E-state index is 0.611. The number of aryl methyl sites for hydroxylation is 2. The highest BCUT2D eigenvalue weighted by Crippen LogP contribution is 2.24. The number of nitrogens with zero attached hydrogens (tertiary/aromatic N) is 3. The second-order valence-electron chi connectivity index (χ2n) is 2.46. The van der Waals surface area contributed by atoms with Crippen LogP contribution in [-0.4, -0.2) is 14.6 Å². The third-order valence-corrected chi connectivity index (χ3v) is 2.28. The molecule has 0 saturated heterocycles. The van der Waals surface area contributed by atoms with Crippen molar-refractivity contribution in [3.8, 4) is 10.8 Å². The predicted molar refractivity (Wildman–Crippen MR) is 44.9 cm³/mol. The van der Waals surface area contributed by atoms with Crippen molar-refractivity contribution in [3.63, 3.8) is 0 Å². The molecule has 5 heteroatoms. The van der Waals surface area contributed by atoms with Gasteiger partial charge in [-0.1, -0.05) is 4.49 Å². The number of rotatable bonds is 1. The highest BCUT2D eigenvalue weighted by Gasteiger charge is 2.10. The van der Waals surface area contributed by atoms with Gasteiger partial charge in [-0.25, -0.2) is 4.98 Å². The van der Waals surface area contributed by atoms with Gasteiger partial charge in [-0.2, -0.15) is 0 Å². The number of aromatic nitrogens is 3. The number of hydrogen-bond acceptors (Lipinski definition) is 5. The molecular weight excluding hydrogens is 174 g/mol. The first-order valence-corrected chi connectivity index (χ1v) is 4.26. The molecule has 2 rings (SSSR count). The van der Waals surface area contributed by atoms with Crippen LogP contribution in [0.25, 0.3) is 10.8 Å². The summed E-state index contributed by atoms with van der Waals surface area (Å²) in [6.45, 7) is 3.75. The normalized spacial score (nSPS) is 10.5. The molecule has 0 N–H and O–H groups in total. The SMILES string of the molecule is Cc1cnc(-c2snnc2C)o1. The molecule has 4 nitrogen and oxygen atoms in total. The minimum atomic E-state index is 0.611. The van der Waals surface area contributed by atoms with Crippen LogP contribution >= 0.6 is 11.5 Å². The predicted octanol–water partition coefficient (Wildman–Crippen LogP) is 1.81. The van der Waals surface area contributed by atoms with Crippen LogP contribution in [0.3, 0.4) is 0 Å². The Morgan fingerprint density at radius 3 is 2.75 bits per heavy atom. The molecule has 62 valence electrons. The van der Waals surface area contributed by atoms with Gasteiger partial charge in [-0.05, 0) is 25.4 Å². The molecule has 0 aliphatic heterocycles. The Kier molecular flexibility index (Phi) is 1.65. The molecule has 2 heterocycles. The highest BCUT2D eigenvalue weighted by molar-refractivity contribution is 7.09. The third kappa shape index (κ3) is 1.12. The van der Waals surface area contributed by atoms with E-state index >= 15 is 0 Å². The summed E-state index contributed by atoms with van der Waals surface area (Å²) < 4.78 is 9.13. The van der Waals surface area contributed by atoms with Crippen LogP contribution < -0.4 is 0 Å². The van der Waals surface area contributed by atoms with Crippen molar-refractivity contribution in [1.29, 1.82) is 0 Å². The Balaban J connectivity index is 2.50. The van der Waals surface area contributed by atoms with E-state index in [0.29, 0.717) is 5.89 Å². The Morgan fingerprint density at radius 1 is 1.42 bits per heavy atom. The Hall–Kier alpha value is -1.23. The molecular formula is C7H7N3OS. The van der Waals surface area contributed by atoms with Crippen LogP contribution in [0.4, 0.5) is 0 Å². The highest BCUT2D eigenvalue weighted by atomic mass is 32.1. The van der Waals surface area contributed by atoms with E-state index < -0.39 is 0 Å². The van der Waals surface area contributed by atoms with E-state index in [1.165, 1.54) is 11.5 Å². The van der Waals surface area contributed by atoms with Crippen LogP contribution in [0.1, 0.15) is 11.5 Å². The van der Waals surface area contributed by atoms with E-state index in [2.05, 4.69) is 14.6 Å². The number of hydrogen-bond donors (Lipinski definition) is 0. The van der Waals surface area contributed by atoms with Crippen molar-refractivity contribution in [2.45, 2.75) is 13.8 Å². The fourth-order valence-corrected chi connectivity index (χ4v) is 1.48. The molecule has 0 bridgehead atoms. The third-order valence-electron chi connectivity index (χ3n) is 1.47. The average molecular weight is 181 g/mol. The van der Waals surface area contributed by atoms with E-state index in [-0.39, 0.29) is 0 Å². The van der Waals surface area contributed by atoms with Crippen molar-refractivity contribution in [2.24, 2.45) is 0 Å². The second-order valence-corrected chi connectivity index (χ2v) is 3.22. The quantitative estimate of drug-likeness (QED) is 0.673. The van der Waals surface area contributed by atoms with Crippen LogP contribution in [0.15, 0.2) is 10.6 Å². The van der Waals surface area contributed by atoms with Crippen molar-refractivity contribution in [2.75, 3.05) is 0 Å². The topological polar surface area (TPSA) is 51.8 Å². The van der Waals surface area contributed by atoms with E-state index in [1.807, 2.05) is 13.8 Å². The van der Waals surface area contributed by atoms with E-state index in [4.69, 9.17) is 4.42 Å². The lowest BCUT2D eigenvalue weighted by atomic mass is 10.4. The van der Waals surface area contributed by atoms with Crippen molar-refractivity contribution in [3.05, 3.63) is 17.7 Å². The van der Waals surface area contributed by atoms with Gasteiger partial charge in [0.1, 0.15) is 10.6 Å². The van der Waals surface area contributed by atoms with Crippen LogP contribution in [0.5, 0.6) is 0 Å². The largest absolute Gasteiger partial charge is 0.441 e. The van der Waals surface area contributed by atoms with E-state index in [9.17, 15) is 0 Å². The molecule has 0 spiro atoms. The molecule has 0 amide bonds. The second kappa shape index (κ2) is 2.67. The maximum atomic E-state index is 5.33. The van der Waals surface area contributed by atoms with Crippen LogP contribution in [0.2, 0.25) is 0 Å². The van der Waals surface area contributed by atoms with Crippen molar-refractivity contribution in [1.82, 2.24) is 14.6 Å². The standard InChI is InChI=1S/C7H7N3OS/c1-4-3-8-7(11-4)6-5(2)9-10-12-6/h3H,1-2H3. The first kappa shape index (κ1) is 7.42. The van der Waals surface area contributed by atoms with E-state index in [0.717, 1.165) is 16.3 Å². The zero-order valence-corrected chi connectivity index (χ0v) is 7.55. The van der Waals surface area contributed by atoms with Gasteiger partial charge >= 0.3 is 0 Å². The summed E-state index contributed by atoms with van der Waals surface area (Å²) in [5, 5.41) is 3.87. The Morgan fingerprint density at radius 2 is 2.25 bits per heavy atom. The molecule has 0 aliphatic carbocycles. The molecule has 0 fully saturated rings. The first-order chi connectivity index (χ1) is 5.77. The summed E-state index contributed by atoms with van der Waals surface area (Å²) >= 11 is 1.30. The lowest BCUT2D eigenvalue weighted by Gasteiger charge is -1.87. The lowest BCUT2D eigenvalue weighted by Crippen LogP contribution is -1.76. The minimum Gasteiger partial charge on any atom is -0.441 e. The summed E-state index contributed by atoms with van der Waals surface area (Å²) in [6.07, 6.45) is 1.69. The maximum absolute atomic E-state index is 5.33. The maximum Gasteiger partial charge on any atom is 0.240 e. The van der Waals surface area contributed by atoms with Crippen molar-refractivity contribution >= 4 is 11.5 Å². The molecule has 0 radical (unpaired) electrons. The zero-order chi connectivity index (χ0) is 8.55. The van der Waals surface area contributed by atoms with Gasteiger partial charge in [0.25, 0.3) is 0 Å². The van der Waals surface area contributed by atoms with E-state index in [1.54, 1.807) is 6.20 Å². The molecule has 0 saturated carbocycles. The van der Waals surface area contributed by atoms with Crippen molar-refractivity contribution < 1.29 is 4.42 Å². The summed E-state index contributed by atoms with van der Waals surface area (Å²) in [4.78, 5) is 4.99. The molecule has 0 unspecified atom stereocenters. The molecule has 12 heavy (non-hydrogen) atoms.